The Bertz CT molecular complexity index is 1250. The average molecular weight is 412 g/mol. The van der Waals surface area contributed by atoms with Crippen LogP contribution in [0.1, 0.15) is 5.56 Å². The number of ether oxygens (including phenoxy) is 1. The Labute approximate surface area is 166 Å². The largest absolute Gasteiger partial charge is 0.477 e. The van der Waals surface area contributed by atoms with Gasteiger partial charge in [-0.2, -0.15) is 0 Å². The first-order valence-electron chi connectivity index (χ1n) is 8.79. The third kappa shape index (κ3) is 4.09. The van der Waals surface area contributed by atoms with Crippen molar-refractivity contribution in [1.29, 1.82) is 0 Å². The second-order valence-electron chi connectivity index (χ2n) is 6.48. The van der Waals surface area contributed by atoms with Gasteiger partial charge in [-0.25, -0.2) is 17.2 Å². The second-order valence-corrected chi connectivity index (χ2v) is 8.50. The summed E-state index contributed by atoms with van der Waals surface area (Å²) in [5, 5.41) is 8.31. The van der Waals surface area contributed by atoms with Crippen molar-refractivity contribution in [3.63, 3.8) is 0 Å². The Morgan fingerprint density at radius 3 is 2.41 bits per heavy atom. The molecule has 0 spiro atoms. The van der Waals surface area contributed by atoms with Gasteiger partial charge in [0.1, 0.15) is 5.82 Å². The van der Waals surface area contributed by atoms with Crippen LogP contribution in [0, 0.1) is 5.82 Å². The zero-order valence-corrected chi connectivity index (χ0v) is 16.3. The lowest BCUT2D eigenvalue weighted by atomic mass is 10.2. The molecule has 0 saturated carbocycles. The minimum Gasteiger partial charge on any atom is -0.477 e. The highest BCUT2D eigenvalue weighted by Gasteiger charge is 2.14. The van der Waals surface area contributed by atoms with Crippen LogP contribution in [0.25, 0.3) is 17.0 Å². The Hall–Kier alpha value is -3.33. The normalized spacial score (nSPS) is 11.7. The van der Waals surface area contributed by atoms with Crippen molar-refractivity contribution in [2.24, 2.45) is 0 Å². The predicted octanol–water partition coefficient (Wildman–Crippen LogP) is 2.96. The summed E-state index contributed by atoms with van der Waals surface area (Å²) in [4.78, 5) is 4.36. The number of nitrogens with zero attached hydrogens (tertiary/aromatic N) is 4. The van der Waals surface area contributed by atoms with Crippen LogP contribution in [0.3, 0.4) is 0 Å². The molecule has 0 aliphatic rings. The van der Waals surface area contributed by atoms with Crippen LogP contribution in [0.2, 0.25) is 0 Å². The molecule has 2 heterocycles. The van der Waals surface area contributed by atoms with E-state index in [9.17, 15) is 12.8 Å². The van der Waals surface area contributed by atoms with Crippen molar-refractivity contribution in [2.75, 3.05) is 12.9 Å². The van der Waals surface area contributed by atoms with E-state index < -0.39 is 9.84 Å². The molecule has 0 saturated heterocycles. The number of hydrogen-bond acceptors (Lipinski definition) is 6. The topological polar surface area (TPSA) is 86.5 Å². The van der Waals surface area contributed by atoms with Crippen molar-refractivity contribution in [1.82, 2.24) is 19.6 Å². The highest BCUT2D eigenvalue weighted by molar-refractivity contribution is 7.90. The van der Waals surface area contributed by atoms with E-state index in [4.69, 9.17) is 4.74 Å². The van der Waals surface area contributed by atoms with Gasteiger partial charge in [0.2, 0.25) is 5.88 Å². The van der Waals surface area contributed by atoms with E-state index in [0.29, 0.717) is 35.9 Å². The van der Waals surface area contributed by atoms with Gasteiger partial charge >= 0.3 is 0 Å². The van der Waals surface area contributed by atoms with Crippen LogP contribution < -0.4 is 4.74 Å². The minimum atomic E-state index is -3.28. The van der Waals surface area contributed by atoms with Crippen LogP contribution in [-0.4, -0.2) is 40.9 Å². The number of benzene rings is 2. The first-order chi connectivity index (χ1) is 13.9. The number of sulfone groups is 1. The molecule has 0 atom stereocenters. The summed E-state index contributed by atoms with van der Waals surface area (Å²) in [5.74, 6) is 0.690. The van der Waals surface area contributed by atoms with Gasteiger partial charge < -0.3 is 4.74 Å². The molecule has 0 fully saturated rings. The number of rotatable bonds is 6. The average Bonchev–Trinajstić information content (AvgIpc) is 3.14. The lowest BCUT2D eigenvalue weighted by molar-refractivity contribution is 0.304. The Morgan fingerprint density at radius 2 is 1.72 bits per heavy atom. The van der Waals surface area contributed by atoms with Gasteiger partial charge in [-0.05, 0) is 42.0 Å². The first-order valence-corrected chi connectivity index (χ1v) is 10.7. The molecule has 0 unspecified atom stereocenters. The van der Waals surface area contributed by atoms with Gasteiger partial charge in [-0.1, -0.05) is 12.1 Å². The van der Waals surface area contributed by atoms with Gasteiger partial charge in [-0.3, -0.25) is 4.98 Å². The summed E-state index contributed by atoms with van der Waals surface area (Å²) in [7, 11) is -3.28. The van der Waals surface area contributed by atoms with Crippen molar-refractivity contribution < 1.29 is 17.5 Å². The highest BCUT2D eigenvalue weighted by atomic mass is 32.2. The zero-order chi connectivity index (χ0) is 20.4. The smallest absolute Gasteiger partial charge is 0.220 e. The Kier molecular flexibility index (Phi) is 4.98. The maximum Gasteiger partial charge on any atom is 0.220 e. The monoisotopic (exact) mass is 412 g/mol. The lowest BCUT2D eigenvalue weighted by Crippen LogP contribution is -2.06. The van der Waals surface area contributed by atoms with Crippen molar-refractivity contribution in [3.8, 4) is 17.3 Å². The maximum absolute atomic E-state index is 13.0. The summed E-state index contributed by atoms with van der Waals surface area (Å²) in [6, 6.07) is 12.7. The molecule has 2 aromatic heterocycles. The van der Waals surface area contributed by atoms with Crippen LogP contribution >= 0.6 is 0 Å². The molecule has 0 aliphatic heterocycles. The van der Waals surface area contributed by atoms with Crippen molar-refractivity contribution in [3.05, 3.63) is 72.3 Å². The highest BCUT2D eigenvalue weighted by Crippen LogP contribution is 2.24. The molecule has 9 heteroatoms. The number of aromatic nitrogens is 4. The van der Waals surface area contributed by atoms with Crippen LogP contribution in [0.4, 0.5) is 4.39 Å². The number of halogens is 1. The zero-order valence-electron chi connectivity index (χ0n) is 15.5. The first kappa shape index (κ1) is 19.0. The van der Waals surface area contributed by atoms with Crippen molar-refractivity contribution >= 4 is 15.5 Å². The molecule has 0 aliphatic carbocycles. The fraction of sp³-hybridized carbons (Fsp3) is 0.150. The summed E-state index contributed by atoms with van der Waals surface area (Å²) in [6.45, 7) is 0.358. The standard InChI is InChI=1S/C20H17FN4O3S/c1-29(26,27)17-8-4-15(5-9-17)20-24-23-18-12-22-13-19(25(18)20)28-11-10-14-2-6-16(21)7-3-14/h2-9,12-13H,10-11H2,1H3. The SMILES string of the molecule is CS(=O)(=O)c1ccc(-c2nnc3cncc(OCCc4ccc(F)cc4)n23)cc1. The van der Waals surface area contributed by atoms with Crippen LogP contribution in [0.5, 0.6) is 5.88 Å². The van der Waals surface area contributed by atoms with Crippen molar-refractivity contribution in [2.45, 2.75) is 11.3 Å². The second kappa shape index (κ2) is 7.59. The van der Waals surface area contributed by atoms with E-state index in [1.54, 1.807) is 41.1 Å². The Balaban J connectivity index is 1.61. The quantitative estimate of drug-likeness (QED) is 0.484. The van der Waals surface area contributed by atoms with Gasteiger partial charge in [0.05, 0.1) is 23.9 Å². The molecule has 7 nitrogen and oxygen atoms in total. The molecule has 29 heavy (non-hydrogen) atoms. The van der Waals surface area contributed by atoms with E-state index in [0.717, 1.165) is 11.8 Å². The Morgan fingerprint density at radius 1 is 1.00 bits per heavy atom. The molecular weight excluding hydrogens is 395 g/mol. The van der Waals surface area contributed by atoms with E-state index in [1.165, 1.54) is 24.3 Å². The third-order valence-electron chi connectivity index (χ3n) is 4.38. The summed E-state index contributed by atoms with van der Waals surface area (Å²) in [6.07, 6.45) is 4.88. The number of fused-ring (bicyclic) bond motifs is 1. The molecule has 0 bridgehead atoms. The summed E-state index contributed by atoms with van der Waals surface area (Å²) in [5.41, 5.74) is 2.15. The summed E-state index contributed by atoms with van der Waals surface area (Å²) >= 11 is 0. The third-order valence-corrected chi connectivity index (χ3v) is 5.51. The molecule has 4 aromatic rings. The van der Waals surface area contributed by atoms with Crippen LogP contribution in [-0.2, 0) is 16.3 Å². The molecule has 0 N–H and O–H groups in total. The number of hydrogen-bond donors (Lipinski definition) is 0. The van der Waals surface area contributed by atoms with Gasteiger partial charge in [0.25, 0.3) is 0 Å². The molecule has 4 rings (SSSR count). The lowest BCUT2D eigenvalue weighted by Gasteiger charge is -2.10. The minimum absolute atomic E-state index is 0.229. The van der Waals surface area contributed by atoms with Gasteiger partial charge in [0.15, 0.2) is 21.3 Å². The molecule has 148 valence electrons. The van der Waals surface area contributed by atoms with E-state index in [2.05, 4.69) is 15.2 Å². The van der Waals surface area contributed by atoms with Gasteiger partial charge in [0, 0.05) is 18.2 Å². The van der Waals surface area contributed by atoms with E-state index in [1.807, 2.05) is 0 Å². The maximum atomic E-state index is 13.0. The molecule has 0 amide bonds. The fourth-order valence-corrected chi connectivity index (χ4v) is 3.52. The molecule has 2 aromatic carbocycles. The van der Waals surface area contributed by atoms with E-state index in [-0.39, 0.29) is 10.7 Å². The fourth-order valence-electron chi connectivity index (χ4n) is 2.89. The van der Waals surface area contributed by atoms with Crippen LogP contribution in [0.15, 0.2) is 65.8 Å². The molecular formula is C20H17FN4O3S. The predicted molar refractivity (Wildman–Crippen MR) is 105 cm³/mol. The van der Waals surface area contributed by atoms with E-state index >= 15 is 0 Å². The summed E-state index contributed by atoms with van der Waals surface area (Å²) < 4.78 is 44.0. The van der Waals surface area contributed by atoms with Gasteiger partial charge in [-0.15, -0.1) is 10.2 Å². The molecule has 0 radical (unpaired) electrons.